The molecule has 0 spiro atoms. The summed E-state index contributed by atoms with van der Waals surface area (Å²) in [5, 5.41) is 22.1. The Hall–Kier alpha value is -3.21. The number of hydrogen-bond donors (Lipinski definition) is 2. The van der Waals surface area contributed by atoms with Crippen molar-refractivity contribution in [3.63, 3.8) is 0 Å². The maximum atomic E-state index is 13.9. The average molecular weight is 405 g/mol. The Labute approximate surface area is 175 Å². The summed E-state index contributed by atoms with van der Waals surface area (Å²) in [6.45, 7) is 3.98. The van der Waals surface area contributed by atoms with Gasteiger partial charge in [-0.2, -0.15) is 5.26 Å². The number of benzene rings is 2. The zero-order valence-electron chi connectivity index (χ0n) is 16.6. The first-order chi connectivity index (χ1) is 14.6. The van der Waals surface area contributed by atoms with Gasteiger partial charge in [-0.25, -0.2) is 9.37 Å². The van der Waals surface area contributed by atoms with Crippen LogP contribution in [0.5, 0.6) is 5.75 Å². The minimum atomic E-state index is -0.493. The lowest BCUT2D eigenvalue weighted by atomic mass is 10.1. The van der Waals surface area contributed by atoms with Gasteiger partial charge >= 0.3 is 0 Å². The number of nitrogens with zero attached hydrogens (tertiary/aromatic N) is 4. The molecule has 0 unspecified atom stereocenters. The molecule has 0 amide bonds. The van der Waals surface area contributed by atoms with Crippen molar-refractivity contribution in [3.05, 3.63) is 83.2 Å². The molecule has 6 nitrogen and oxygen atoms in total. The zero-order valence-corrected chi connectivity index (χ0v) is 16.6. The minimum absolute atomic E-state index is 0.0581. The summed E-state index contributed by atoms with van der Waals surface area (Å²) in [4.78, 5) is 6.62. The van der Waals surface area contributed by atoms with Crippen LogP contribution in [0.15, 0.2) is 55.0 Å². The van der Waals surface area contributed by atoms with Gasteiger partial charge in [0.15, 0.2) is 0 Å². The van der Waals surface area contributed by atoms with E-state index in [4.69, 9.17) is 5.26 Å². The van der Waals surface area contributed by atoms with Crippen molar-refractivity contribution in [2.24, 2.45) is 0 Å². The Morgan fingerprint density at radius 2 is 2.07 bits per heavy atom. The summed E-state index contributed by atoms with van der Waals surface area (Å²) in [7, 11) is 0. The number of rotatable bonds is 7. The van der Waals surface area contributed by atoms with Gasteiger partial charge in [0.2, 0.25) is 0 Å². The van der Waals surface area contributed by atoms with E-state index in [1.165, 1.54) is 12.1 Å². The first kappa shape index (κ1) is 20.1. The number of aromatic hydroxyl groups is 1. The van der Waals surface area contributed by atoms with Crippen LogP contribution in [0, 0.1) is 17.1 Å². The van der Waals surface area contributed by atoms with Crippen LogP contribution in [-0.2, 0) is 19.6 Å². The van der Waals surface area contributed by atoms with Crippen molar-refractivity contribution < 1.29 is 9.50 Å². The lowest BCUT2D eigenvalue weighted by Gasteiger charge is -2.17. The molecule has 0 aliphatic carbocycles. The van der Waals surface area contributed by atoms with Gasteiger partial charge in [-0.15, -0.1) is 0 Å². The maximum Gasteiger partial charge on any atom is 0.141 e. The molecule has 7 heteroatoms. The van der Waals surface area contributed by atoms with E-state index in [9.17, 15) is 9.50 Å². The van der Waals surface area contributed by atoms with Crippen LogP contribution in [0.4, 0.5) is 4.39 Å². The van der Waals surface area contributed by atoms with E-state index in [1.807, 2.05) is 35.0 Å². The van der Waals surface area contributed by atoms with Crippen LogP contribution in [0.2, 0.25) is 0 Å². The van der Waals surface area contributed by atoms with Gasteiger partial charge in [-0.1, -0.05) is 18.2 Å². The maximum absolute atomic E-state index is 13.9. The number of phenolic OH excluding ortho intramolecular Hbond substituents is 1. The summed E-state index contributed by atoms with van der Waals surface area (Å²) in [6, 6.07) is 14.3. The molecule has 1 atom stereocenters. The highest BCUT2D eigenvalue weighted by Gasteiger charge is 2.22. The van der Waals surface area contributed by atoms with Crippen molar-refractivity contribution in [2.45, 2.75) is 32.1 Å². The highest BCUT2D eigenvalue weighted by atomic mass is 19.1. The number of aromatic nitrogens is 2. The minimum Gasteiger partial charge on any atom is -0.508 e. The van der Waals surface area contributed by atoms with E-state index in [-0.39, 0.29) is 5.56 Å². The Morgan fingerprint density at radius 1 is 1.20 bits per heavy atom. The Balaban J connectivity index is 1.31. The summed E-state index contributed by atoms with van der Waals surface area (Å²) in [5.74, 6) is -0.190. The SMILES string of the molecule is N#Cc1ccc(Cn2cncc2CN[C@H]2CCN(Cc3cccc(O)c3)C2)cc1F. The van der Waals surface area contributed by atoms with E-state index in [1.54, 1.807) is 18.5 Å². The zero-order chi connectivity index (χ0) is 20.9. The van der Waals surface area contributed by atoms with Crippen LogP contribution < -0.4 is 5.32 Å². The number of phenols is 1. The molecule has 2 aromatic carbocycles. The standard InChI is InChI=1S/C23H24FN5O/c24-23-9-18(4-5-19(23)10-25)14-29-16-26-11-21(29)12-27-20-6-7-28(15-20)13-17-2-1-3-22(30)8-17/h1-5,8-9,11,16,20,27,30H,6-7,12-15H2/t20-/m0/s1. The molecule has 30 heavy (non-hydrogen) atoms. The molecule has 1 saturated heterocycles. The number of nitrogens with one attached hydrogen (secondary N) is 1. The molecule has 0 saturated carbocycles. The van der Waals surface area contributed by atoms with Crippen LogP contribution in [0.3, 0.4) is 0 Å². The number of halogens is 1. The smallest absolute Gasteiger partial charge is 0.141 e. The molecule has 0 radical (unpaired) electrons. The van der Waals surface area contributed by atoms with Gasteiger partial charge < -0.3 is 15.0 Å². The van der Waals surface area contributed by atoms with Crippen LogP contribution >= 0.6 is 0 Å². The van der Waals surface area contributed by atoms with Gasteiger partial charge in [0.25, 0.3) is 0 Å². The molecule has 3 aromatic rings. The second kappa shape index (κ2) is 9.08. The van der Waals surface area contributed by atoms with Crippen molar-refractivity contribution in [1.29, 1.82) is 5.26 Å². The van der Waals surface area contributed by atoms with E-state index >= 15 is 0 Å². The molecule has 1 aliphatic heterocycles. The number of imidazole rings is 1. The van der Waals surface area contributed by atoms with Crippen molar-refractivity contribution in [3.8, 4) is 11.8 Å². The van der Waals surface area contributed by atoms with Gasteiger partial charge in [0, 0.05) is 45.0 Å². The summed E-state index contributed by atoms with van der Waals surface area (Å²) in [5.41, 5.74) is 3.00. The molecule has 2 N–H and O–H groups in total. The molecular formula is C23H24FN5O. The quantitative estimate of drug-likeness (QED) is 0.632. The normalized spacial score (nSPS) is 16.6. The fourth-order valence-electron chi connectivity index (χ4n) is 3.89. The van der Waals surface area contributed by atoms with E-state index < -0.39 is 5.82 Å². The molecule has 154 valence electrons. The molecule has 4 rings (SSSR count). The number of likely N-dealkylation sites (tertiary alicyclic amines) is 1. The van der Waals surface area contributed by atoms with Crippen LogP contribution in [0.25, 0.3) is 0 Å². The highest BCUT2D eigenvalue weighted by Crippen LogP contribution is 2.17. The monoisotopic (exact) mass is 405 g/mol. The lowest BCUT2D eigenvalue weighted by Crippen LogP contribution is -2.32. The second-order valence-corrected chi connectivity index (χ2v) is 7.71. The third-order valence-corrected chi connectivity index (χ3v) is 5.47. The first-order valence-corrected chi connectivity index (χ1v) is 10.0. The summed E-state index contributed by atoms with van der Waals surface area (Å²) < 4.78 is 15.9. The highest BCUT2D eigenvalue weighted by molar-refractivity contribution is 5.33. The Bertz CT molecular complexity index is 1060. The summed E-state index contributed by atoms with van der Waals surface area (Å²) in [6.07, 6.45) is 4.64. The van der Waals surface area contributed by atoms with Crippen LogP contribution in [0.1, 0.15) is 28.8 Å². The van der Waals surface area contributed by atoms with Gasteiger partial charge in [0.1, 0.15) is 17.6 Å². The molecule has 1 fully saturated rings. The van der Waals surface area contributed by atoms with E-state index in [0.29, 0.717) is 24.9 Å². The Morgan fingerprint density at radius 3 is 2.87 bits per heavy atom. The first-order valence-electron chi connectivity index (χ1n) is 10.0. The van der Waals surface area contributed by atoms with Crippen molar-refractivity contribution in [2.75, 3.05) is 13.1 Å². The Kier molecular flexibility index (Phi) is 6.07. The average Bonchev–Trinajstić information content (AvgIpc) is 3.36. The predicted molar refractivity (Wildman–Crippen MR) is 111 cm³/mol. The predicted octanol–water partition coefficient (Wildman–Crippen LogP) is 3.01. The lowest BCUT2D eigenvalue weighted by molar-refractivity contribution is 0.319. The largest absolute Gasteiger partial charge is 0.508 e. The third-order valence-electron chi connectivity index (χ3n) is 5.47. The van der Waals surface area contributed by atoms with E-state index in [2.05, 4.69) is 15.2 Å². The third kappa shape index (κ3) is 4.85. The molecule has 1 aliphatic rings. The molecule has 2 heterocycles. The molecular weight excluding hydrogens is 381 g/mol. The topological polar surface area (TPSA) is 77.1 Å². The van der Waals surface area contributed by atoms with Gasteiger partial charge in [0.05, 0.1) is 17.6 Å². The second-order valence-electron chi connectivity index (χ2n) is 7.71. The van der Waals surface area contributed by atoms with Crippen molar-refractivity contribution >= 4 is 0 Å². The summed E-state index contributed by atoms with van der Waals surface area (Å²) >= 11 is 0. The van der Waals surface area contributed by atoms with Crippen LogP contribution in [-0.4, -0.2) is 38.7 Å². The molecule has 1 aromatic heterocycles. The van der Waals surface area contributed by atoms with Gasteiger partial charge in [-0.3, -0.25) is 4.90 Å². The van der Waals surface area contributed by atoms with Gasteiger partial charge in [-0.05, 0) is 41.8 Å². The van der Waals surface area contributed by atoms with Crippen molar-refractivity contribution in [1.82, 2.24) is 19.8 Å². The fraction of sp³-hybridized carbons (Fsp3) is 0.304. The number of hydrogen-bond acceptors (Lipinski definition) is 5. The molecule has 0 bridgehead atoms. The number of nitriles is 1. The fourth-order valence-corrected chi connectivity index (χ4v) is 3.89. The van der Waals surface area contributed by atoms with E-state index in [0.717, 1.165) is 42.9 Å².